The van der Waals surface area contributed by atoms with Gasteiger partial charge in [0.1, 0.15) is 6.34 Å². The number of nitrogens with one attached hydrogen (secondary N) is 2. The fraction of sp³-hybridized carbons (Fsp3) is 0.269. The van der Waals surface area contributed by atoms with Gasteiger partial charge in [-0.3, -0.25) is 10.1 Å². The van der Waals surface area contributed by atoms with Gasteiger partial charge in [-0.2, -0.15) is 5.10 Å². The van der Waals surface area contributed by atoms with Gasteiger partial charge in [-0.05, 0) is 17.2 Å². The molecule has 4 heterocycles. The van der Waals surface area contributed by atoms with Crippen LogP contribution in [0.1, 0.15) is 29.7 Å². The number of aryl methyl sites for hydroxylation is 1. The molecule has 1 aliphatic heterocycles. The largest absolute Gasteiger partial charge is 0.358 e. The van der Waals surface area contributed by atoms with Gasteiger partial charge >= 0.3 is 0 Å². The van der Waals surface area contributed by atoms with E-state index in [-0.39, 0.29) is 5.92 Å². The molecule has 178 valence electrons. The summed E-state index contributed by atoms with van der Waals surface area (Å²) in [5.74, 6) is 1.76. The van der Waals surface area contributed by atoms with E-state index in [2.05, 4.69) is 72.1 Å². The van der Waals surface area contributed by atoms with Crippen molar-refractivity contribution >= 4 is 18.1 Å². The average molecular weight is 468 g/mol. The summed E-state index contributed by atoms with van der Waals surface area (Å²) in [6.07, 6.45) is 10.7. The first-order chi connectivity index (χ1) is 17.1. The van der Waals surface area contributed by atoms with E-state index in [0.717, 1.165) is 66.7 Å². The van der Waals surface area contributed by atoms with Gasteiger partial charge in [-0.25, -0.2) is 15.0 Å². The average Bonchev–Trinajstić information content (AvgIpc) is 3.57. The summed E-state index contributed by atoms with van der Waals surface area (Å²) >= 11 is 0. The van der Waals surface area contributed by atoms with E-state index in [1.54, 1.807) is 4.68 Å². The molecule has 9 heteroatoms. The van der Waals surface area contributed by atoms with Gasteiger partial charge in [0, 0.05) is 75.1 Å². The van der Waals surface area contributed by atoms with Crippen molar-refractivity contribution in [1.29, 1.82) is 5.41 Å². The highest BCUT2D eigenvalue weighted by Gasteiger charge is 2.23. The first kappa shape index (κ1) is 22.5. The predicted molar refractivity (Wildman–Crippen MR) is 138 cm³/mol. The molecular formula is C26H29N9. The van der Waals surface area contributed by atoms with Gasteiger partial charge in [0.15, 0.2) is 5.84 Å². The number of aliphatic imine (C=N–C) groups is 1. The summed E-state index contributed by atoms with van der Waals surface area (Å²) in [5.41, 5.74) is 5.33. The highest BCUT2D eigenvalue weighted by molar-refractivity contribution is 6.01. The van der Waals surface area contributed by atoms with Crippen LogP contribution in [-0.4, -0.2) is 68.0 Å². The zero-order chi connectivity index (χ0) is 24.2. The molecule has 1 fully saturated rings. The Morgan fingerprint density at radius 3 is 2.43 bits per heavy atom. The summed E-state index contributed by atoms with van der Waals surface area (Å²) in [4.78, 5) is 21.4. The van der Waals surface area contributed by atoms with Gasteiger partial charge in [-0.15, -0.1) is 0 Å². The molecule has 35 heavy (non-hydrogen) atoms. The van der Waals surface area contributed by atoms with E-state index in [9.17, 15) is 0 Å². The lowest BCUT2D eigenvalue weighted by molar-refractivity contribution is 0.383. The molecule has 0 spiro atoms. The van der Waals surface area contributed by atoms with E-state index < -0.39 is 0 Å². The summed E-state index contributed by atoms with van der Waals surface area (Å²) in [5, 5.41) is 11.8. The number of aromatic nitrogens is 5. The van der Waals surface area contributed by atoms with Crippen LogP contribution in [0.2, 0.25) is 0 Å². The third-order valence-corrected chi connectivity index (χ3v) is 6.47. The van der Waals surface area contributed by atoms with E-state index >= 15 is 0 Å². The standard InChI is InChI=1S/C26H29N9/c1-19(20-6-4-3-5-7-20)22-14-29-26(30-15-22)35-10-8-34(9-11-35)25(31-18-27)24-12-21(13-28-24)23-16-32-33(2)17-23/h3-7,12-19,27-28H,8-11H2,1-2H3/t19-/m1/s1. The monoisotopic (exact) mass is 467 g/mol. The number of benzene rings is 1. The minimum absolute atomic E-state index is 0.249. The first-order valence-corrected chi connectivity index (χ1v) is 11.7. The van der Waals surface area contributed by atoms with Crippen molar-refractivity contribution in [3.8, 4) is 11.1 Å². The smallest absolute Gasteiger partial charge is 0.225 e. The molecule has 0 saturated carbocycles. The number of rotatable bonds is 6. The number of hydrogen-bond donors (Lipinski definition) is 2. The quantitative estimate of drug-likeness (QED) is 0.334. The van der Waals surface area contributed by atoms with Crippen molar-refractivity contribution in [1.82, 2.24) is 29.6 Å². The lowest BCUT2D eigenvalue weighted by atomic mass is 9.96. The second-order valence-corrected chi connectivity index (χ2v) is 8.71. The molecule has 3 aromatic heterocycles. The molecular weight excluding hydrogens is 438 g/mol. The van der Waals surface area contributed by atoms with Crippen LogP contribution in [0.15, 0.2) is 72.4 Å². The van der Waals surface area contributed by atoms with Crippen molar-refractivity contribution < 1.29 is 0 Å². The molecule has 2 N–H and O–H groups in total. The summed E-state index contributed by atoms with van der Waals surface area (Å²) < 4.78 is 1.78. The molecule has 4 aromatic rings. The van der Waals surface area contributed by atoms with Crippen LogP contribution >= 0.6 is 0 Å². The Labute approximate surface area is 204 Å². The Hall–Kier alpha value is -4.27. The highest BCUT2D eigenvalue weighted by atomic mass is 15.3. The summed E-state index contributed by atoms with van der Waals surface area (Å²) in [7, 11) is 1.90. The maximum absolute atomic E-state index is 7.57. The Bertz CT molecular complexity index is 1300. The number of aromatic amines is 1. The number of hydrogen-bond acceptors (Lipinski definition) is 5. The minimum Gasteiger partial charge on any atom is -0.358 e. The van der Waals surface area contributed by atoms with Crippen LogP contribution in [0.25, 0.3) is 11.1 Å². The second kappa shape index (κ2) is 9.92. The lowest BCUT2D eigenvalue weighted by Gasteiger charge is -2.36. The molecule has 0 aliphatic carbocycles. The van der Waals surface area contributed by atoms with Crippen LogP contribution in [-0.2, 0) is 7.05 Å². The van der Waals surface area contributed by atoms with Gasteiger partial charge in [-0.1, -0.05) is 37.3 Å². The van der Waals surface area contributed by atoms with E-state index in [4.69, 9.17) is 5.41 Å². The fourth-order valence-electron chi connectivity index (χ4n) is 4.41. The van der Waals surface area contributed by atoms with Crippen molar-refractivity contribution in [3.63, 3.8) is 0 Å². The van der Waals surface area contributed by atoms with Crippen LogP contribution in [0.4, 0.5) is 5.95 Å². The second-order valence-electron chi connectivity index (χ2n) is 8.71. The minimum atomic E-state index is 0.249. The number of piperazine rings is 1. The first-order valence-electron chi connectivity index (χ1n) is 11.7. The van der Waals surface area contributed by atoms with Gasteiger partial charge in [0.25, 0.3) is 0 Å². The molecule has 9 nitrogen and oxygen atoms in total. The number of H-pyrrole nitrogens is 1. The Morgan fingerprint density at radius 1 is 1.03 bits per heavy atom. The molecule has 1 saturated heterocycles. The maximum Gasteiger partial charge on any atom is 0.225 e. The van der Waals surface area contributed by atoms with Gasteiger partial charge in [0.2, 0.25) is 5.95 Å². The number of nitrogens with zero attached hydrogens (tertiary/aromatic N) is 7. The van der Waals surface area contributed by atoms with Crippen LogP contribution in [0.5, 0.6) is 0 Å². The van der Waals surface area contributed by atoms with Crippen LogP contribution in [0.3, 0.4) is 0 Å². The zero-order valence-electron chi connectivity index (χ0n) is 20.0. The normalized spacial score (nSPS) is 15.3. The summed E-state index contributed by atoms with van der Waals surface area (Å²) in [6, 6.07) is 12.5. The predicted octanol–water partition coefficient (Wildman–Crippen LogP) is 3.53. The number of amidine groups is 1. The molecule has 1 aliphatic rings. The third kappa shape index (κ3) is 4.84. The maximum atomic E-state index is 7.57. The SMILES string of the molecule is C[C@H](c1ccccc1)c1cnc(N2CCN(C(=NC=N)c3cc(-c4cnn(C)c4)c[nH]3)CC2)nc1. The molecule has 0 amide bonds. The van der Waals surface area contributed by atoms with Gasteiger partial charge < -0.3 is 14.8 Å². The lowest BCUT2D eigenvalue weighted by Crippen LogP contribution is -2.49. The molecule has 1 atom stereocenters. The van der Waals surface area contributed by atoms with Crippen molar-refractivity contribution in [2.75, 3.05) is 31.1 Å². The van der Waals surface area contributed by atoms with E-state index in [0.29, 0.717) is 0 Å². The zero-order valence-corrected chi connectivity index (χ0v) is 20.0. The number of anilines is 1. The summed E-state index contributed by atoms with van der Waals surface area (Å²) in [6.45, 7) is 5.26. The Morgan fingerprint density at radius 2 is 1.77 bits per heavy atom. The molecule has 1 aromatic carbocycles. The Balaban J connectivity index is 1.25. The molecule has 0 unspecified atom stereocenters. The van der Waals surface area contributed by atoms with E-state index in [1.165, 1.54) is 5.56 Å². The van der Waals surface area contributed by atoms with Crippen LogP contribution in [0, 0.1) is 5.41 Å². The van der Waals surface area contributed by atoms with Gasteiger partial charge in [0.05, 0.1) is 11.9 Å². The van der Waals surface area contributed by atoms with Crippen molar-refractivity contribution in [2.24, 2.45) is 12.0 Å². The van der Waals surface area contributed by atoms with Crippen molar-refractivity contribution in [3.05, 3.63) is 84.2 Å². The Kier molecular flexibility index (Phi) is 6.38. The fourth-order valence-corrected chi connectivity index (χ4v) is 4.41. The van der Waals surface area contributed by atoms with E-state index in [1.807, 2.05) is 44.1 Å². The van der Waals surface area contributed by atoms with Crippen molar-refractivity contribution in [2.45, 2.75) is 12.8 Å². The topological polar surface area (TPSA) is 102 Å². The molecule has 0 radical (unpaired) electrons. The van der Waals surface area contributed by atoms with Crippen LogP contribution < -0.4 is 4.90 Å². The third-order valence-electron chi connectivity index (χ3n) is 6.47. The molecule has 5 rings (SSSR count). The highest BCUT2D eigenvalue weighted by Crippen LogP contribution is 2.24. The molecule has 0 bridgehead atoms.